The largest absolute Gasteiger partial charge is 0.466 e. The Kier molecular flexibility index (Phi) is 12.7. The number of ether oxygens (including phenoxy) is 2. The molecular weight excluding hydrogens is 574 g/mol. The summed E-state index contributed by atoms with van der Waals surface area (Å²) in [5.74, 6) is -2.82. The van der Waals surface area contributed by atoms with Crippen molar-refractivity contribution in [1.82, 2.24) is 16.0 Å². The summed E-state index contributed by atoms with van der Waals surface area (Å²) in [4.78, 5) is 61.7. The van der Waals surface area contributed by atoms with E-state index in [2.05, 4.69) is 31.9 Å². The van der Waals surface area contributed by atoms with Crippen molar-refractivity contribution >= 4 is 62.6 Å². The fourth-order valence-electron chi connectivity index (χ4n) is 3.50. The third-order valence-electron chi connectivity index (χ3n) is 5.42. The Labute approximate surface area is 235 Å². The summed E-state index contributed by atoms with van der Waals surface area (Å²) in [7, 11) is 0. The zero-order chi connectivity index (χ0) is 28.9. The number of hydrogen-bond acceptors (Lipinski definition) is 8. The van der Waals surface area contributed by atoms with E-state index in [0.29, 0.717) is 11.3 Å². The highest BCUT2D eigenvalue weighted by atomic mass is 79.9. The van der Waals surface area contributed by atoms with Crippen LogP contribution in [-0.2, 0) is 33.4 Å². The number of fused-ring (bicyclic) bond motifs is 1. The highest BCUT2D eigenvalue weighted by Crippen LogP contribution is 2.23. The molecule has 0 spiro atoms. The number of furan rings is 1. The van der Waals surface area contributed by atoms with Gasteiger partial charge in [-0.25, -0.2) is 4.79 Å². The first-order chi connectivity index (χ1) is 18.5. The van der Waals surface area contributed by atoms with Crippen LogP contribution in [0.1, 0.15) is 46.3 Å². The van der Waals surface area contributed by atoms with Gasteiger partial charge in [-0.1, -0.05) is 29.8 Å². The highest BCUT2D eigenvalue weighted by molar-refractivity contribution is 9.10. The van der Waals surface area contributed by atoms with E-state index in [9.17, 15) is 24.0 Å². The van der Waals surface area contributed by atoms with Gasteiger partial charge in [-0.05, 0) is 56.5 Å². The average Bonchev–Trinajstić information content (AvgIpc) is 3.29. The first-order valence-corrected chi connectivity index (χ1v) is 13.4. The second-order valence-corrected chi connectivity index (χ2v) is 9.74. The maximum Gasteiger partial charge on any atom is 0.328 e. The minimum atomic E-state index is -1.09. The summed E-state index contributed by atoms with van der Waals surface area (Å²) >= 11 is 3.37. The van der Waals surface area contributed by atoms with Gasteiger partial charge in [-0.15, -0.1) is 0 Å². The van der Waals surface area contributed by atoms with Crippen molar-refractivity contribution in [2.24, 2.45) is 5.92 Å². The van der Waals surface area contributed by atoms with E-state index >= 15 is 0 Å². The highest BCUT2D eigenvalue weighted by Gasteiger charge is 2.30. The lowest BCUT2D eigenvalue weighted by atomic mass is 10.0. The predicted molar refractivity (Wildman–Crippen MR) is 147 cm³/mol. The fourth-order valence-corrected chi connectivity index (χ4v) is 3.84. The second kappa shape index (κ2) is 15.7. The Balaban J connectivity index is 1.92. The molecule has 0 aliphatic heterocycles. The molecule has 0 radical (unpaired) electrons. The molecule has 0 fully saturated rings. The maximum absolute atomic E-state index is 12.9. The number of benzene rings is 1. The number of carbonyl (C=O) groups is 5. The molecule has 0 saturated carbocycles. The van der Waals surface area contributed by atoms with Gasteiger partial charge in [0.25, 0.3) is 0 Å². The Morgan fingerprint density at radius 3 is 2.41 bits per heavy atom. The van der Waals surface area contributed by atoms with E-state index in [1.165, 1.54) is 12.2 Å². The van der Waals surface area contributed by atoms with Gasteiger partial charge >= 0.3 is 11.9 Å². The molecule has 0 aliphatic rings. The molecule has 12 heteroatoms. The molecule has 1 heterocycles. The average molecular weight is 608 g/mol. The second-order valence-electron chi connectivity index (χ2n) is 8.83. The quantitative estimate of drug-likeness (QED) is 0.219. The van der Waals surface area contributed by atoms with Crippen molar-refractivity contribution in [2.75, 3.05) is 19.8 Å². The molecule has 1 aromatic heterocycles. The van der Waals surface area contributed by atoms with Crippen LogP contribution in [0.4, 0.5) is 0 Å². The summed E-state index contributed by atoms with van der Waals surface area (Å²) in [6.07, 6.45) is 2.60. The van der Waals surface area contributed by atoms with Gasteiger partial charge < -0.3 is 29.8 Å². The van der Waals surface area contributed by atoms with E-state index in [4.69, 9.17) is 13.9 Å². The molecule has 11 nitrogen and oxygen atoms in total. The number of amides is 3. The molecule has 2 aromatic rings. The molecule has 0 saturated heterocycles. The smallest absolute Gasteiger partial charge is 0.328 e. The maximum atomic E-state index is 12.9. The zero-order valence-electron chi connectivity index (χ0n) is 22.4. The van der Waals surface area contributed by atoms with E-state index in [-0.39, 0.29) is 38.5 Å². The lowest BCUT2D eigenvalue weighted by molar-refractivity contribution is -0.149. The fraction of sp³-hybridized carbons (Fsp3) is 0.444. The molecule has 2 atom stereocenters. The van der Waals surface area contributed by atoms with Gasteiger partial charge in [0.1, 0.15) is 23.4 Å². The van der Waals surface area contributed by atoms with Crippen molar-refractivity contribution in [3.63, 3.8) is 0 Å². The van der Waals surface area contributed by atoms with Crippen LogP contribution in [-0.4, -0.2) is 61.5 Å². The lowest BCUT2D eigenvalue weighted by Gasteiger charge is -2.24. The molecule has 1 aromatic carbocycles. The first-order valence-electron chi connectivity index (χ1n) is 12.6. The van der Waals surface area contributed by atoms with Crippen LogP contribution in [0.3, 0.4) is 0 Å². The van der Waals surface area contributed by atoms with Gasteiger partial charge in [0.2, 0.25) is 17.7 Å². The summed E-state index contributed by atoms with van der Waals surface area (Å²) < 4.78 is 16.4. The molecule has 0 unspecified atom stereocenters. The van der Waals surface area contributed by atoms with Crippen LogP contribution in [0.15, 0.2) is 39.2 Å². The Bertz CT molecular complexity index is 1210. The topological polar surface area (TPSA) is 153 Å². The first kappa shape index (κ1) is 31.5. The van der Waals surface area contributed by atoms with Crippen molar-refractivity contribution < 1.29 is 37.9 Å². The van der Waals surface area contributed by atoms with E-state index in [1.807, 2.05) is 18.2 Å². The van der Waals surface area contributed by atoms with Gasteiger partial charge in [-0.3, -0.25) is 19.2 Å². The SMILES string of the molecule is CCOC(=O)CC[C@@H](NC(=O)[C@@H](NC(=O)CNC(=O)/C=C/c1cc2ccc(Br)cc2o1)C(C)C)C(=O)OCC. The van der Waals surface area contributed by atoms with Gasteiger partial charge in [0.15, 0.2) is 0 Å². The molecule has 0 bridgehead atoms. The van der Waals surface area contributed by atoms with Crippen LogP contribution in [0.25, 0.3) is 17.0 Å². The zero-order valence-corrected chi connectivity index (χ0v) is 24.0. The van der Waals surface area contributed by atoms with Crippen LogP contribution < -0.4 is 16.0 Å². The number of rotatable bonds is 14. The number of nitrogens with one attached hydrogen (secondary N) is 3. The normalized spacial score (nSPS) is 12.7. The third kappa shape index (κ3) is 10.5. The van der Waals surface area contributed by atoms with Gasteiger partial charge in [0, 0.05) is 22.4 Å². The third-order valence-corrected chi connectivity index (χ3v) is 5.91. The van der Waals surface area contributed by atoms with Gasteiger partial charge in [0.05, 0.1) is 19.8 Å². The summed E-state index contributed by atoms with van der Waals surface area (Å²) in [5, 5.41) is 8.46. The minimum Gasteiger partial charge on any atom is -0.466 e. The summed E-state index contributed by atoms with van der Waals surface area (Å²) in [5.41, 5.74) is 0.660. The van der Waals surface area contributed by atoms with Crippen LogP contribution >= 0.6 is 15.9 Å². The molecule has 2 rings (SSSR count). The summed E-state index contributed by atoms with van der Waals surface area (Å²) in [6.45, 7) is 6.64. The number of carbonyl (C=O) groups excluding carboxylic acids is 5. The molecular formula is C27H34BrN3O8. The van der Waals surface area contributed by atoms with E-state index in [0.717, 1.165) is 9.86 Å². The van der Waals surface area contributed by atoms with Crippen molar-refractivity contribution in [1.29, 1.82) is 0 Å². The lowest BCUT2D eigenvalue weighted by Crippen LogP contribution is -2.55. The predicted octanol–water partition coefficient (Wildman–Crippen LogP) is 2.86. The van der Waals surface area contributed by atoms with Gasteiger partial charge in [-0.2, -0.15) is 0 Å². The number of halogens is 1. The van der Waals surface area contributed by atoms with E-state index < -0.39 is 41.7 Å². The Morgan fingerprint density at radius 1 is 1.03 bits per heavy atom. The van der Waals surface area contributed by atoms with E-state index in [1.54, 1.807) is 33.8 Å². The number of esters is 2. The van der Waals surface area contributed by atoms with Crippen molar-refractivity contribution in [3.8, 4) is 0 Å². The molecule has 3 amide bonds. The monoisotopic (exact) mass is 607 g/mol. The number of hydrogen-bond donors (Lipinski definition) is 3. The minimum absolute atomic E-state index is 0.0208. The molecule has 39 heavy (non-hydrogen) atoms. The molecule has 3 N–H and O–H groups in total. The standard InChI is InChI=1S/C27H34BrN3O8/c1-5-37-24(34)12-10-20(27(36)38-6-2)30-26(35)25(16(3)4)31-23(33)15-29-22(32)11-9-19-13-17-7-8-18(28)14-21(17)39-19/h7-9,11,13-14,16,20,25H,5-6,10,12,15H2,1-4H3,(H,29,32)(H,30,35)(H,31,33)/b11-9+/t20-,25+/m1/s1. The summed E-state index contributed by atoms with van der Waals surface area (Å²) in [6, 6.07) is 5.25. The Morgan fingerprint density at radius 2 is 1.74 bits per heavy atom. The Hall–Kier alpha value is -3.67. The molecule has 0 aliphatic carbocycles. The van der Waals surface area contributed by atoms with Crippen LogP contribution in [0, 0.1) is 5.92 Å². The molecule has 212 valence electrons. The van der Waals surface area contributed by atoms with Crippen molar-refractivity contribution in [2.45, 2.75) is 52.6 Å². The van der Waals surface area contributed by atoms with Crippen LogP contribution in [0.5, 0.6) is 0 Å². The van der Waals surface area contributed by atoms with Crippen LogP contribution in [0.2, 0.25) is 0 Å². The van der Waals surface area contributed by atoms with Crippen molar-refractivity contribution in [3.05, 3.63) is 40.6 Å².